The number of methoxy groups -OCH3 is 1. The number of fused-ring (bicyclic) bond motifs is 1. The molecule has 0 unspecified atom stereocenters. The molecule has 0 bridgehead atoms. The second kappa shape index (κ2) is 8.52. The van der Waals surface area contributed by atoms with Crippen LogP contribution in [0.4, 0.5) is 11.9 Å². The molecule has 1 aromatic carbocycles. The number of aromatic nitrogens is 6. The van der Waals surface area contributed by atoms with E-state index in [-0.39, 0.29) is 0 Å². The van der Waals surface area contributed by atoms with E-state index in [1.165, 1.54) is 0 Å². The third kappa shape index (κ3) is 3.93. The van der Waals surface area contributed by atoms with Crippen molar-refractivity contribution in [2.75, 3.05) is 43.6 Å². The van der Waals surface area contributed by atoms with Crippen LogP contribution in [0.5, 0.6) is 5.75 Å². The number of nitrogens with zero attached hydrogens (tertiary/aromatic N) is 6. The largest absolute Gasteiger partial charge is 0.496 e. The summed E-state index contributed by atoms with van der Waals surface area (Å²) in [5.74, 6) is 2.80. The lowest BCUT2D eigenvalue weighted by Gasteiger charge is -2.27. The fraction of sp³-hybridized carbons (Fsp3) is 0.300. The molecule has 3 aromatic heterocycles. The fourth-order valence-corrected chi connectivity index (χ4v) is 3.83. The maximum atomic E-state index is 5.45. The maximum absolute atomic E-state index is 5.45. The molecular weight excluding hydrogens is 464 g/mol. The van der Waals surface area contributed by atoms with Crippen molar-refractivity contribution in [1.82, 2.24) is 29.5 Å². The number of anilines is 2. The van der Waals surface area contributed by atoms with Crippen molar-refractivity contribution in [3.05, 3.63) is 47.0 Å². The normalized spacial score (nSPS) is 14.2. The lowest BCUT2D eigenvalue weighted by molar-refractivity contribution is 0.122. The maximum Gasteiger partial charge on any atom is 0.230 e. The Kier molecular flexibility index (Phi) is 5.43. The highest BCUT2D eigenvalue weighted by Crippen LogP contribution is 2.28. The Bertz CT molecular complexity index is 1200. The molecule has 0 saturated carbocycles. The van der Waals surface area contributed by atoms with Gasteiger partial charge in [-0.1, -0.05) is 12.1 Å². The van der Waals surface area contributed by atoms with Crippen LogP contribution in [0.3, 0.4) is 0 Å². The molecular formula is C20H21BrN8O2. The highest BCUT2D eigenvalue weighted by molar-refractivity contribution is 9.10. The van der Waals surface area contributed by atoms with E-state index in [9.17, 15) is 0 Å². The van der Waals surface area contributed by atoms with E-state index in [1.54, 1.807) is 24.0 Å². The molecule has 1 aliphatic heterocycles. The molecule has 4 aromatic rings. The SMILES string of the molecule is COc1ccccc1-c1cnc(CNc2nc(N3CCOCC3)nc3c(Br)cnn23)[nH]1. The number of rotatable bonds is 6. The minimum atomic E-state index is 0.446. The number of imidazole rings is 1. The second-order valence-corrected chi connectivity index (χ2v) is 7.83. The van der Waals surface area contributed by atoms with Crippen LogP contribution in [0.25, 0.3) is 16.9 Å². The molecule has 0 spiro atoms. The van der Waals surface area contributed by atoms with Crippen molar-refractivity contribution >= 4 is 33.5 Å². The number of hydrogen-bond donors (Lipinski definition) is 2. The summed E-state index contributed by atoms with van der Waals surface area (Å²) in [5, 5.41) is 7.72. The Balaban J connectivity index is 1.40. The molecule has 31 heavy (non-hydrogen) atoms. The Morgan fingerprint density at radius 2 is 2.03 bits per heavy atom. The van der Waals surface area contributed by atoms with Gasteiger partial charge < -0.3 is 24.7 Å². The molecule has 2 N–H and O–H groups in total. The Hall–Kier alpha value is -3.18. The van der Waals surface area contributed by atoms with Gasteiger partial charge in [0.1, 0.15) is 11.6 Å². The van der Waals surface area contributed by atoms with Crippen LogP contribution in [0.1, 0.15) is 5.82 Å². The van der Waals surface area contributed by atoms with Crippen LogP contribution in [-0.2, 0) is 11.3 Å². The number of aromatic amines is 1. The first kappa shape index (κ1) is 19.8. The van der Waals surface area contributed by atoms with Gasteiger partial charge in [-0.2, -0.15) is 19.6 Å². The van der Waals surface area contributed by atoms with Crippen molar-refractivity contribution in [3.63, 3.8) is 0 Å². The van der Waals surface area contributed by atoms with Crippen molar-refractivity contribution < 1.29 is 9.47 Å². The Morgan fingerprint density at radius 3 is 2.87 bits per heavy atom. The number of H-pyrrole nitrogens is 1. The molecule has 1 saturated heterocycles. The molecule has 5 rings (SSSR count). The smallest absolute Gasteiger partial charge is 0.230 e. The summed E-state index contributed by atoms with van der Waals surface area (Å²) < 4.78 is 13.4. The molecule has 160 valence electrons. The van der Waals surface area contributed by atoms with E-state index in [1.807, 2.05) is 24.3 Å². The molecule has 0 aliphatic carbocycles. The van der Waals surface area contributed by atoms with Gasteiger partial charge in [0.15, 0.2) is 5.65 Å². The van der Waals surface area contributed by atoms with Crippen molar-refractivity contribution in [2.45, 2.75) is 6.54 Å². The average Bonchev–Trinajstić information content (AvgIpc) is 3.45. The third-order valence-electron chi connectivity index (χ3n) is 5.05. The van der Waals surface area contributed by atoms with E-state index in [0.717, 1.165) is 40.4 Å². The van der Waals surface area contributed by atoms with Gasteiger partial charge in [-0.05, 0) is 28.1 Å². The van der Waals surface area contributed by atoms with Gasteiger partial charge in [0.25, 0.3) is 0 Å². The Labute approximate surface area is 186 Å². The lowest BCUT2D eigenvalue weighted by Crippen LogP contribution is -2.37. The highest BCUT2D eigenvalue weighted by atomic mass is 79.9. The van der Waals surface area contributed by atoms with Crippen LogP contribution >= 0.6 is 15.9 Å². The van der Waals surface area contributed by atoms with Crippen LogP contribution in [-0.4, -0.2) is 63.0 Å². The summed E-state index contributed by atoms with van der Waals surface area (Å²) in [4.78, 5) is 19.3. The van der Waals surface area contributed by atoms with Gasteiger partial charge >= 0.3 is 0 Å². The lowest BCUT2D eigenvalue weighted by atomic mass is 10.1. The van der Waals surface area contributed by atoms with E-state index in [4.69, 9.17) is 14.5 Å². The zero-order valence-electron chi connectivity index (χ0n) is 16.9. The minimum absolute atomic E-state index is 0.446. The summed E-state index contributed by atoms with van der Waals surface area (Å²) in [6, 6.07) is 7.83. The fourth-order valence-electron chi connectivity index (χ4n) is 3.48. The standard InChI is InChI=1S/C20H21BrN8O2/c1-30-16-5-3-2-4-13(16)15-11-22-17(25-15)12-23-19-27-20(28-6-8-31-9-7-28)26-18-14(21)10-24-29(18)19/h2-5,10-11H,6-9,12H2,1H3,(H,22,25)(H,23,26,27). The van der Waals surface area contributed by atoms with Crippen LogP contribution < -0.4 is 15.0 Å². The first-order valence-corrected chi connectivity index (χ1v) is 10.7. The van der Waals surface area contributed by atoms with Gasteiger partial charge in [0, 0.05) is 18.7 Å². The van der Waals surface area contributed by atoms with Crippen LogP contribution in [0, 0.1) is 0 Å². The predicted molar refractivity (Wildman–Crippen MR) is 119 cm³/mol. The molecule has 1 aliphatic rings. The first-order chi connectivity index (χ1) is 15.2. The van der Waals surface area contributed by atoms with Gasteiger partial charge in [-0.25, -0.2) is 4.98 Å². The molecule has 10 nitrogen and oxygen atoms in total. The average molecular weight is 485 g/mol. The summed E-state index contributed by atoms with van der Waals surface area (Å²) in [6.07, 6.45) is 3.51. The van der Waals surface area contributed by atoms with Crippen molar-refractivity contribution in [1.29, 1.82) is 0 Å². The van der Waals surface area contributed by atoms with E-state index in [0.29, 0.717) is 37.3 Å². The summed E-state index contributed by atoms with van der Waals surface area (Å²) in [7, 11) is 1.66. The molecule has 0 radical (unpaired) electrons. The molecule has 1 fully saturated rings. The number of para-hydroxylation sites is 1. The third-order valence-corrected chi connectivity index (χ3v) is 5.61. The number of benzene rings is 1. The summed E-state index contributed by atoms with van der Waals surface area (Å²) >= 11 is 3.52. The number of halogens is 1. The zero-order valence-corrected chi connectivity index (χ0v) is 18.5. The van der Waals surface area contributed by atoms with E-state index in [2.05, 4.69) is 46.2 Å². The zero-order chi connectivity index (χ0) is 21.2. The Morgan fingerprint density at radius 1 is 1.19 bits per heavy atom. The van der Waals surface area contributed by atoms with Crippen LogP contribution in [0.15, 0.2) is 41.1 Å². The van der Waals surface area contributed by atoms with Gasteiger partial charge in [0.2, 0.25) is 11.9 Å². The quantitative estimate of drug-likeness (QED) is 0.430. The number of nitrogens with one attached hydrogen (secondary N) is 2. The van der Waals surface area contributed by atoms with Gasteiger partial charge in [-0.15, -0.1) is 0 Å². The van der Waals surface area contributed by atoms with Gasteiger partial charge in [0.05, 0.1) is 49.4 Å². The summed E-state index contributed by atoms with van der Waals surface area (Å²) in [5.41, 5.74) is 2.55. The topological polar surface area (TPSA) is 105 Å². The van der Waals surface area contributed by atoms with Crippen molar-refractivity contribution in [3.8, 4) is 17.0 Å². The van der Waals surface area contributed by atoms with Gasteiger partial charge in [-0.3, -0.25) is 0 Å². The first-order valence-electron chi connectivity index (χ1n) is 9.88. The van der Waals surface area contributed by atoms with Crippen LogP contribution in [0.2, 0.25) is 0 Å². The number of hydrogen-bond acceptors (Lipinski definition) is 8. The van der Waals surface area contributed by atoms with E-state index < -0.39 is 0 Å². The molecule has 0 atom stereocenters. The van der Waals surface area contributed by atoms with E-state index >= 15 is 0 Å². The summed E-state index contributed by atoms with van der Waals surface area (Å²) in [6.45, 7) is 3.27. The highest BCUT2D eigenvalue weighted by Gasteiger charge is 2.19. The number of morpholine rings is 1. The predicted octanol–water partition coefficient (Wildman–Crippen LogP) is 2.73. The molecule has 11 heteroatoms. The number of ether oxygens (including phenoxy) is 2. The molecule has 4 heterocycles. The second-order valence-electron chi connectivity index (χ2n) is 6.97. The molecule has 0 amide bonds. The monoisotopic (exact) mass is 484 g/mol. The van der Waals surface area contributed by atoms with Crippen molar-refractivity contribution in [2.24, 2.45) is 0 Å². The minimum Gasteiger partial charge on any atom is -0.496 e.